The molecule has 0 fully saturated rings. The van der Waals surface area contributed by atoms with E-state index in [1.165, 1.54) is 12.4 Å². The van der Waals surface area contributed by atoms with Crippen LogP contribution in [0.3, 0.4) is 0 Å². The topological polar surface area (TPSA) is 83.3 Å². The summed E-state index contributed by atoms with van der Waals surface area (Å²) >= 11 is 0. The van der Waals surface area contributed by atoms with Crippen LogP contribution in [0.5, 0.6) is 0 Å². The lowest BCUT2D eigenvalue weighted by atomic mass is 9.97. The van der Waals surface area contributed by atoms with Gasteiger partial charge in [0.05, 0.1) is 0 Å². The maximum Gasteiger partial charge on any atom is 0.229 e. The Bertz CT molecular complexity index is 666. The summed E-state index contributed by atoms with van der Waals surface area (Å²) in [5.74, 6) is 0. The van der Waals surface area contributed by atoms with Crippen LogP contribution >= 0.6 is 0 Å². The Morgan fingerprint density at radius 1 is 0.692 bits per heavy atom. The van der Waals surface area contributed by atoms with Gasteiger partial charge in [0.25, 0.3) is 0 Å². The molecule has 0 saturated heterocycles. The molecule has 0 amide bonds. The predicted molar refractivity (Wildman–Crippen MR) is 106 cm³/mol. The molecule has 2 aliphatic heterocycles. The highest BCUT2D eigenvalue weighted by molar-refractivity contribution is 6.34. The molecule has 2 rings (SSSR count). The zero-order valence-corrected chi connectivity index (χ0v) is 17.7. The average molecular weight is 364 g/mol. The van der Waals surface area contributed by atoms with Gasteiger partial charge in [-0.25, -0.2) is 9.80 Å². The van der Waals surface area contributed by atoms with E-state index in [2.05, 4.69) is 10.2 Å². The van der Waals surface area contributed by atoms with Gasteiger partial charge in [-0.15, -0.1) is 0 Å². The minimum Gasteiger partial charge on any atom is -0.622 e. The molecular weight excluding hydrogens is 332 g/mol. The molecule has 0 aromatic carbocycles. The summed E-state index contributed by atoms with van der Waals surface area (Å²) in [5.41, 5.74) is -1.17. The minimum atomic E-state index is -0.657. The molecule has 0 N–H and O–H groups in total. The lowest BCUT2D eigenvalue weighted by Crippen LogP contribution is -2.51. The van der Waals surface area contributed by atoms with Crippen LogP contribution in [0, 0.1) is 10.4 Å². The van der Waals surface area contributed by atoms with E-state index in [1.54, 1.807) is 0 Å². The van der Waals surface area contributed by atoms with Crippen LogP contribution in [0.25, 0.3) is 0 Å². The third kappa shape index (κ3) is 2.66. The summed E-state index contributed by atoms with van der Waals surface area (Å²) in [5, 5.41) is 33.4. The van der Waals surface area contributed by atoms with Gasteiger partial charge in [-0.1, -0.05) is 0 Å². The lowest BCUT2D eigenvalue weighted by Gasteiger charge is -2.32. The van der Waals surface area contributed by atoms with E-state index in [9.17, 15) is 10.4 Å². The zero-order chi connectivity index (χ0) is 20.3. The Morgan fingerprint density at radius 2 is 0.962 bits per heavy atom. The monoisotopic (exact) mass is 364 g/mol. The zero-order valence-electron chi connectivity index (χ0n) is 17.7. The minimum absolute atomic E-state index is 0.461. The van der Waals surface area contributed by atoms with Crippen molar-refractivity contribution in [2.24, 2.45) is 10.2 Å². The van der Waals surface area contributed by atoms with Crippen LogP contribution in [0.15, 0.2) is 10.2 Å². The molecule has 0 aromatic rings. The van der Waals surface area contributed by atoms with Gasteiger partial charge >= 0.3 is 0 Å². The Morgan fingerprint density at radius 3 is 1.15 bits per heavy atom. The second-order valence-corrected chi connectivity index (χ2v) is 9.07. The third-order valence-electron chi connectivity index (χ3n) is 6.43. The smallest absolute Gasteiger partial charge is 0.229 e. The van der Waals surface area contributed by atoms with Crippen LogP contribution in [-0.2, 0) is 0 Å². The quantitative estimate of drug-likeness (QED) is 0.331. The van der Waals surface area contributed by atoms with E-state index in [0.717, 1.165) is 9.48 Å². The van der Waals surface area contributed by atoms with Crippen molar-refractivity contribution in [1.82, 2.24) is 9.80 Å². The summed E-state index contributed by atoms with van der Waals surface area (Å²) in [6.45, 7) is 15.4. The van der Waals surface area contributed by atoms with E-state index < -0.39 is 22.4 Å². The molecule has 0 aromatic heterocycles. The Kier molecular flexibility index (Phi) is 4.62. The highest BCUT2D eigenvalue weighted by atomic mass is 16.5. The summed E-state index contributed by atoms with van der Waals surface area (Å²) in [6.07, 6.45) is 2.97. The van der Waals surface area contributed by atoms with Gasteiger partial charge < -0.3 is 10.4 Å². The molecule has 2 heterocycles. The summed E-state index contributed by atoms with van der Waals surface area (Å²) in [6, 6.07) is 0. The fourth-order valence-electron chi connectivity index (χ4n) is 3.67. The molecule has 26 heavy (non-hydrogen) atoms. The first-order valence-corrected chi connectivity index (χ1v) is 8.84. The van der Waals surface area contributed by atoms with Crippen LogP contribution < -0.4 is 0 Å². The lowest BCUT2D eigenvalue weighted by molar-refractivity contribution is -0.555. The molecular formula is C18H32N6O2. The third-order valence-corrected chi connectivity index (χ3v) is 6.43. The molecule has 146 valence electrons. The normalized spacial score (nSPS) is 28.2. The Balaban J connectivity index is 2.32. The van der Waals surface area contributed by atoms with Crippen molar-refractivity contribution in [3.63, 3.8) is 0 Å². The maximum atomic E-state index is 12.6. The van der Waals surface area contributed by atoms with Gasteiger partial charge in [0, 0.05) is 27.7 Å². The van der Waals surface area contributed by atoms with Gasteiger partial charge in [0.1, 0.15) is 23.5 Å². The van der Waals surface area contributed by atoms with Crippen molar-refractivity contribution in [2.45, 2.75) is 77.8 Å². The van der Waals surface area contributed by atoms with Crippen LogP contribution in [-0.4, -0.2) is 79.6 Å². The molecule has 0 spiro atoms. The second-order valence-electron chi connectivity index (χ2n) is 9.07. The summed E-state index contributed by atoms with van der Waals surface area (Å²) in [4.78, 5) is 4.01. The number of hydrogen-bond acceptors (Lipinski definition) is 6. The van der Waals surface area contributed by atoms with Crippen molar-refractivity contribution >= 4 is 23.9 Å². The van der Waals surface area contributed by atoms with Crippen molar-refractivity contribution in [3.8, 4) is 0 Å². The molecule has 2 aliphatic rings. The van der Waals surface area contributed by atoms with Gasteiger partial charge in [0.2, 0.25) is 22.7 Å². The summed E-state index contributed by atoms with van der Waals surface area (Å²) in [7, 11) is 3.83. The Hall–Kier alpha value is -1.80. The average Bonchev–Trinajstić information content (AvgIpc) is 2.71. The number of hydrogen-bond donors (Lipinski definition) is 0. The summed E-state index contributed by atoms with van der Waals surface area (Å²) < 4.78 is 1.94. The van der Waals surface area contributed by atoms with E-state index in [4.69, 9.17) is 0 Å². The standard InChI is InChI=1S/C18H32N6O2/c1-15(2)13(23(25)17(5,6)21(15)9)11-19-20-12-14-16(3,4)22(10)18(7,8)24(14)26/h11-12H,1-10H3/b19-11+,20-12+. The molecule has 0 unspecified atom stereocenters. The Labute approximate surface area is 156 Å². The van der Waals surface area contributed by atoms with Gasteiger partial charge in [0.15, 0.2) is 0 Å². The van der Waals surface area contributed by atoms with E-state index in [0.29, 0.717) is 11.4 Å². The molecule has 8 heteroatoms. The van der Waals surface area contributed by atoms with Crippen molar-refractivity contribution in [1.29, 1.82) is 0 Å². The molecule has 0 radical (unpaired) electrons. The first kappa shape index (κ1) is 20.5. The second kappa shape index (κ2) is 5.85. The van der Waals surface area contributed by atoms with E-state index >= 15 is 0 Å². The first-order chi connectivity index (χ1) is 11.6. The first-order valence-electron chi connectivity index (χ1n) is 8.84. The molecule has 0 aliphatic carbocycles. The number of hydroxylamine groups is 2. The number of rotatable bonds is 3. The molecule has 8 nitrogen and oxygen atoms in total. The van der Waals surface area contributed by atoms with Gasteiger partial charge in [-0.05, 0) is 41.8 Å². The van der Waals surface area contributed by atoms with E-state index in [1.807, 2.05) is 79.3 Å². The van der Waals surface area contributed by atoms with E-state index in [-0.39, 0.29) is 0 Å². The fraction of sp³-hybridized carbons (Fsp3) is 0.778. The largest absolute Gasteiger partial charge is 0.622 e. The highest BCUT2D eigenvalue weighted by Gasteiger charge is 2.54. The molecule has 0 bridgehead atoms. The molecule has 0 atom stereocenters. The number of nitrogens with zero attached hydrogens (tertiary/aromatic N) is 6. The SMILES string of the molecule is CN1C(C)(C)C(/C=N/N=C/C2=[N+]([O-])C(C)(C)N(C)C2(C)C)=[N+]([O-])C1(C)C. The van der Waals surface area contributed by atoms with Crippen molar-refractivity contribution in [3.05, 3.63) is 10.4 Å². The van der Waals surface area contributed by atoms with Crippen LogP contribution in [0.2, 0.25) is 0 Å². The van der Waals surface area contributed by atoms with Gasteiger partial charge in [-0.2, -0.15) is 19.7 Å². The highest BCUT2D eigenvalue weighted by Crippen LogP contribution is 2.32. The van der Waals surface area contributed by atoms with Crippen LogP contribution in [0.1, 0.15) is 55.4 Å². The van der Waals surface area contributed by atoms with Gasteiger partial charge in [-0.3, -0.25) is 0 Å². The maximum absolute atomic E-state index is 12.6. The molecule has 0 saturated carbocycles. The predicted octanol–water partition coefficient (Wildman–Crippen LogP) is 1.87. The van der Waals surface area contributed by atoms with Crippen molar-refractivity contribution < 1.29 is 9.48 Å². The van der Waals surface area contributed by atoms with Crippen LogP contribution in [0.4, 0.5) is 0 Å². The fourth-order valence-corrected chi connectivity index (χ4v) is 3.67. The van der Waals surface area contributed by atoms with Crippen molar-refractivity contribution in [2.75, 3.05) is 14.1 Å².